The molecule has 2 heterocycles. The van der Waals surface area contributed by atoms with Crippen molar-refractivity contribution in [3.8, 4) is 0 Å². The summed E-state index contributed by atoms with van der Waals surface area (Å²) in [6.45, 7) is 4.84. The number of hydrogen-bond acceptors (Lipinski definition) is 6. The van der Waals surface area contributed by atoms with E-state index in [9.17, 15) is 4.79 Å². The second kappa shape index (κ2) is 7.14. The van der Waals surface area contributed by atoms with E-state index in [0.29, 0.717) is 18.3 Å². The second-order valence-electron chi connectivity index (χ2n) is 5.53. The van der Waals surface area contributed by atoms with E-state index in [2.05, 4.69) is 41.5 Å². The Hall–Kier alpha value is -1.86. The van der Waals surface area contributed by atoms with Crippen molar-refractivity contribution in [1.82, 2.24) is 10.2 Å². The molecule has 1 aliphatic rings. The third-order valence-corrected chi connectivity index (χ3v) is 4.73. The first-order valence-corrected chi connectivity index (χ1v) is 8.55. The van der Waals surface area contributed by atoms with Crippen molar-refractivity contribution in [3.05, 3.63) is 35.2 Å². The highest BCUT2D eigenvalue weighted by atomic mass is 32.2. The van der Waals surface area contributed by atoms with E-state index < -0.39 is 0 Å². The largest absolute Gasteiger partial charge is 0.405 e. The van der Waals surface area contributed by atoms with Crippen molar-refractivity contribution in [2.24, 2.45) is 0 Å². The molecule has 1 fully saturated rings. The Bertz CT molecular complexity index is 696. The summed E-state index contributed by atoms with van der Waals surface area (Å²) in [6.07, 6.45) is 1.72. The van der Waals surface area contributed by atoms with Crippen LogP contribution in [0.15, 0.2) is 27.5 Å². The lowest BCUT2D eigenvalue weighted by Crippen LogP contribution is -2.14. The molecule has 3 rings (SSSR count). The Morgan fingerprint density at radius 2 is 2.22 bits per heavy atom. The quantitative estimate of drug-likeness (QED) is 0.846. The van der Waals surface area contributed by atoms with Crippen molar-refractivity contribution in [2.75, 3.05) is 17.7 Å². The molecule has 1 saturated heterocycles. The second-order valence-corrected chi connectivity index (χ2v) is 6.58. The van der Waals surface area contributed by atoms with Crippen LogP contribution in [-0.2, 0) is 9.53 Å². The summed E-state index contributed by atoms with van der Waals surface area (Å²) in [5.74, 6) is 0.551. The minimum atomic E-state index is -0.171. The van der Waals surface area contributed by atoms with Gasteiger partial charge >= 0.3 is 6.01 Å². The van der Waals surface area contributed by atoms with Crippen molar-refractivity contribution in [2.45, 2.75) is 37.7 Å². The van der Waals surface area contributed by atoms with Gasteiger partial charge in [-0.05, 0) is 49.9 Å². The number of aromatic nitrogens is 2. The molecule has 1 N–H and O–H groups in total. The Kier molecular flexibility index (Phi) is 4.97. The fraction of sp³-hybridized carbons (Fsp3) is 0.438. The van der Waals surface area contributed by atoms with Crippen molar-refractivity contribution >= 4 is 23.7 Å². The number of nitrogens with one attached hydrogen (secondary N) is 1. The molecule has 0 aliphatic carbocycles. The van der Waals surface area contributed by atoms with Gasteiger partial charge in [-0.25, -0.2) is 0 Å². The minimum absolute atomic E-state index is 0.126. The summed E-state index contributed by atoms with van der Waals surface area (Å²) < 4.78 is 10.9. The highest BCUT2D eigenvalue weighted by molar-refractivity contribution is 8.00. The molecule has 0 saturated carbocycles. The third-order valence-electron chi connectivity index (χ3n) is 3.74. The molecule has 1 amide bonds. The maximum absolute atomic E-state index is 12.0. The van der Waals surface area contributed by atoms with Crippen LogP contribution in [0.5, 0.6) is 0 Å². The number of carbonyl (C=O) groups excluding carboxylic acids is 1. The van der Waals surface area contributed by atoms with Gasteiger partial charge in [-0.3, -0.25) is 10.1 Å². The average Bonchev–Trinajstić information content (AvgIpc) is 3.19. The van der Waals surface area contributed by atoms with Crippen LogP contribution in [0.2, 0.25) is 0 Å². The Balaban J connectivity index is 1.51. The Labute approximate surface area is 139 Å². The summed E-state index contributed by atoms with van der Waals surface area (Å²) in [6, 6.07) is 6.28. The summed E-state index contributed by atoms with van der Waals surface area (Å²) in [4.78, 5) is 13.0. The van der Waals surface area contributed by atoms with Crippen LogP contribution >= 0.6 is 11.8 Å². The molecule has 0 radical (unpaired) electrons. The van der Waals surface area contributed by atoms with Crippen LogP contribution in [0.1, 0.15) is 36.0 Å². The van der Waals surface area contributed by atoms with Crippen molar-refractivity contribution in [1.29, 1.82) is 0 Å². The number of amides is 1. The normalized spacial score (nSPS) is 17.4. The lowest BCUT2D eigenvalue weighted by atomic mass is 10.1. The zero-order valence-corrected chi connectivity index (χ0v) is 14.0. The van der Waals surface area contributed by atoms with E-state index in [-0.39, 0.29) is 18.0 Å². The molecular weight excluding hydrogens is 314 g/mol. The highest BCUT2D eigenvalue weighted by Gasteiger charge is 2.24. The van der Waals surface area contributed by atoms with Gasteiger partial charge in [0.25, 0.3) is 0 Å². The Morgan fingerprint density at radius 1 is 1.35 bits per heavy atom. The zero-order valence-electron chi connectivity index (χ0n) is 13.2. The summed E-state index contributed by atoms with van der Waals surface area (Å²) in [5.41, 5.74) is 2.46. The molecular formula is C16H19N3O3S. The third kappa shape index (κ3) is 4.11. The molecule has 1 aromatic carbocycles. The van der Waals surface area contributed by atoms with E-state index in [4.69, 9.17) is 9.15 Å². The lowest BCUT2D eigenvalue weighted by Gasteiger charge is -2.05. The number of hydrogen-bond donors (Lipinski definition) is 1. The predicted molar refractivity (Wildman–Crippen MR) is 87.5 cm³/mol. The van der Waals surface area contributed by atoms with E-state index in [1.54, 1.807) is 0 Å². The maximum Gasteiger partial charge on any atom is 0.322 e. The number of carbonyl (C=O) groups is 1. The first-order chi connectivity index (χ1) is 11.1. The van der Waals surface area contributed by atoms with Crippen LogP contribution in [0.4, 0.5) is 6.01 Å². The monoisotopic (exact) mass is 333 g/mol. The lowest BCUT2D eigenvalue weighted by molar-refractivity contribution is -0.113. The number of nitrogens with zero attached hydrogens (tertiary/aromatic N) is 2. The predicted octanol–water partition coefficient (Wildman–Crippen LogP) is 3.27. The number of benzene rings is 1. The van der Waals surface area contributed by atoms with Crippen LogP contribution in [-0.4, -0.2) is 28.5 Å². The topological polar surface area (TPSA) is 77.2 Å². The summed E-state index contributed by atoms with van der Waals surface area (Å²) in [7, 11) is 0. The number of ether oxygens (including phenoxy) is 1. The van der Waals surface area contributed by atoms with Gasteiger partial charge in [0.05, 0.1) is 5.75 Å². The molecule has 0 spiro atoms. The molecule has 6 nitrogen and oxygen atoms in total. The number of aryl methyl sites for hydroxylation is 2. The molecule has 7 heteroatoms. The first kappa shape index (κ1) is 16.0. The van der Waals surface area contributed by atoms with Crippen LogP contribution in [0.3, 0.4) is 0 Å². The first-order valence-electron chi connectivity index (χ1n) is 7.57. The summed E-state index contributed by atoms with van der Waals surface area (Å²) in [5, 5.41) is 10.4. The molecule has 1 aromatic heterocycles. The molecule has 122 valence electrons. The highest BCUT2D eigenvalue weighted by Crippen LogP contribution is 2.28. The van der Waals surface area contributed by atoms with Crippen molar-refractivity contribution in [3.63, 3.8) is 0 Å². The van der Waals surface area contributed by atoms with Crippen LogP contribution in [0.25, 0.3) is 0 Å². The van der Waals surface area contributed by atoms with Crippen molar-refractivity contribution < 1.29 is 13.9 Å². The minimum Gasteiger partial charge on any atom is -0.405 e. The fourth-order valence-corrected chi connectivity index (χ4v) is 3.09. The average molecular weight is 333 g/mol. The van der Waals surface area contributed by atoms with E-state index in [0.717, 1.165) is 17.7 Å². The van der Waals surface area contributed by atoms with Gasteiger partial charge in [0, 0.05) is 11.5 Å². The van der Waals surface area contributed by atoms with Crippen LogP contribution in [0, 0.1) is 13.8 Å². The molecule has 0 unspecified atom stereocenters. The standard InChI is InChI=1S/C16H19N3O3S/c1-10-5-6-12(8-11(10)2)23-9-14(20)17-16-19-18-15(22-16)13-4-3-7-21-13/h5-6,8,13H,3-4,7,9H2,1-2H3,(H,17,19,20)/t13-/m0/s1. The maximum atomic E-state index is 12.0. The molecule has 0 bridgehead atoms. The van der Waals surface area contributed by atoms with Gasteiger partial charge in [0.2, 0.25) is 11.8 Å². The van der Waals surface area contributed by atoms with Gasteiger partial charge in [-0.15, -0.1) is 16.9 Å². The molecule has 1 aliphatic heterocycles. The van der Waals surface area contributed by atoms with Gasteiger partial charge in [-0.2, -0.15) is 0 Å². The van der Waals surface area contributed by atoms with E-state index in [1.807, 2.05) is 6.07 Å². The summed E-state index contributed by atoms with van der Waals surface area (Å²) >= 11 is 1.48. The van der Waals surface area contributed by atoms with E-state index >= 15 is 0 Å². The smallest absolute Gasteiger partial charge is 0.322 e. The number of anilines is 1. The van der Waals surface area contributed by atoms with Gasteiger partial charge in [0.1, 0.15) is 6.10 Å². The van der Waals surface area contributed by atoms with E-state index in [1.165, 1.54) is 22.9 Å². The Morgan fingerprint density at radius 3 is 2.96 bits per heavy atom. The van der Waals surface area contributed by atoms with Gasteiger partial charge in [0.15, 0.2) is 0 Å². The molecule has 1 atom stereocenters. The van der Waals surface area contributed by atoms with Gasteiger partial charge < -0.3 is 9.15 Å². The number of rotatable bonds is 5. The fourth-order valence-electron chi connectivity index (χ4n) is 2.30. The number of thioether (sulfide) groups is 1. The molecule has 23 heavy (non-hydrogen) atoms. The SMILES string of the molecule is Cc1ccc(SCC(=O)Nc2nnc([C@@H]3CCCO3)o2)cc1C. The zero-order chi connectivity index (χ0) is 16.2. The van der Waals surface area contributed by atoms with Gasteiger partial charge in [-0.1, -0.05) is 11.2 Å². The van der Waals surface area contributed by atoms with Crippen LogP contribution < -0.4 is 5.32 Å². The molecule has 2 aromatic rings.